The van der Waals surface area contributed by atoms with Crippen molar-refractivity contribution in [3.63, 3.8) is 0 Å². The highest BCUT2D eigenvalue weighted by Crippen LogP contribution is 2.17. The average Bonchev–Trinajstić information content (AvgIpc) is 2.75. The van der Waals surface area contributed by atoms with Gasteiger partial charge in [0.1, 0.15) is 6.04 Å². The normalized spacial score (nSPS) is 10.5. The second-order valence-electron chi connectivity index (χ2n) is 6.44. The summed E-state index contributed by atoms with van der Waals surface area (Å²) in [5.74, 6) is -0.246. The first-order valence-corrected chi connectivity index (χ1v) is 9.22. The molecule has 0 fully saturated rings. The molecule has 4 N–H and O–H groups in total. The molecule has 3 aromatic carbocycles. The number of anilines is 1. The van der Waals surface area contributed by atoms with Gasteiger partial charge >= 0.3 is 0 Å². The van der Waals surface area contributed by atoms with Crippen LogP contribution < -0.4 is 16.0 Å². The number of carbonyl (C=O) groups is 2. The highest BCUT2D eigenvalue weighted by Gasteiger charge is 2.18. The van der Waals surface area contributed by atoms with E-state index in [9.17, 15) is 9.59 Å². The van der Waals surface area contributed by atoms with Crippen LogP contribution in [-0.4, -0.2) is 25.4 Å². The van der Waals surface area contributed by atoms with E-state index in [1.165, 1.54) is 0 Å². The van der Waals surface area contributed by atoms with Crippen LogP contribution in [0.15, 0.2) is 84.9 Å². The molecule has 0 saturated carbocycles. The molecular weight excluding hydrogens is 350 g/mol. The fourth-order valence-electron chi connectivity index (χ4n) is 3.07. The minimum atomic E-state index is -0.153. The third-order valence-corrected chi connectivity index (χ3v) is 4.51. The van der Waals surface area contributed by atoms with Gasteiger partial charge in [0, 0.05) is 29.4 Å². The Labute approximate surface area is 164 Å². The smallest absolute Gasteiger partial charge is 0.279 e. The molecule has 5 nitrogen and oxygen atoms in total. The Morgan fingerprint density at radius 3 is 1.86 bits per heavy atom. The number of quaternary nitrogens is 1. The topological polar surface area (TPSA) is 74.8 Å². The zero-order valence-corrected chi connectivity index (χ0v) is 15.8. The Morgan fingerprint density at radius 1 is 0.821 bits per heavy atom. The largest absolute Gasteiger partial charge is 0.355 e. The van der Waals surface area contributed by atoms with E-state index < -0.39 is 0 Å². The minimum Gasteiger partial charge on any atom is -0.355 e. The van der Waals surface area contributed by atoms with Gasteiger partial charge in [-0.1, -0.05) is 60.7 Å². The van der Waals surface area contributed by atoms with Crippen molar-refractivity contribution < 1.29 is 14.9 Å². The molecule has 0 bridgehead atoms. The molecule has 0 spiro atoms. The lowest BCUT2D eigenvalue weighted by atomic mass is 9.99. The Hall–Kier alpha value is -3.44. The summed E-state index contributed by atoms with van der Waals surface area (Å²) in [4.78, 5) is 24.0. The average molecular weight is 374 g/mol. The van der Waals surface area contributed by atoms with Gasteiger partial charge in [-0.3, -0.25) is 9.59 Å². The van der Waals surface area contributed by atoms with Gasteiger partial charge in [0.05, 0.1) is 0 Å². The van der Waals surface area contributed by atoms with Gasteiger partial charge in [0.15, 0.2) is 6.54 Å². The minimum absolute atomic E-state index is 0.0452. The van der Waals surface area contributed by atoms with Crippen LogP contribution in [-0.2, 0) is 4.79 Å². The van der Waals surface area contributed by atoms with Gasteiger partial charge < -0.3 is 16.0 Å². The van der Waals surface area contributed by atoms with Gasteiger partial charge in [-0.05, 0) is 24.3 Å². The molecule has 0 heterocycles. The molecule has 142 valence electrons. The van der Waals surface area contributed by atoms with Gasteiger partial charge in [-0.25, -0.2) is 0 Å². The summed E-state index contributed by atoms with van der Waals surface area (Å²) in [7, 11) is 1.59. The quantitative estimate of drug-likeness (QED) is 0.594. The van der Waals surface area contributed by atoms with E-state index in [0.29, 0.717) is 11.3 Å². The van der Waals surface area contributed by atoms with Crippen molar-refractivity contribution in [2.75, 3.05) is 18.9 Å². The van der Waals surface area contributed by atoms with Crippen LogP contribution in [0, 0.1) is 0 Å². The van der Waals surface area contributed by atoms with Crippen molar-refractivity contribution in [2.45, 2.75) is 6.04 Å². The van der Waals surface area contributed by atoms with Crippen molar-refractivity contribution in [3.05, 3.63) is 102 Å². The monoisotopic (exact) mass is 374 g/mol. The van der Waals surface area contributed by atoms with E-state index in [0.717, 1.165) is 11.1 Å². The first-order valence-electron chi connectivity index (χ1n) is 9.22. The van der Waals surface area contributed by atoms with Crippen LogP contribution in [0.3, 0.4) is 0 Å². The predicted octanol–water partition coefficient (Wildman–Crippen LogP) is 2.34. The first kappa shape index (κ1) is 19.3. The number of hydrogen-bond donors (Lipinski definition) is 3. The summed E-state index contributed by atoms with van der Waals surface area (Å²) < 4.78 is 0. The maximum absolute atomic E-state index is 12.4. The highest BCUT2D eigenvalue weighted by molar-refractivity contribution is 5.95. The summed E-state index contributed by atoms with van der Waals surface area (Å²) >= 11 is 0. The predicted molar refractivity (Wildman–Crippen MR) is 110 cm³/mol. The molecule has 3 rings (SSSR count). The molecule has 0 aromatic heterocycles. The van der Waals surface area contributed by atoms with Gasteiger partial charge in [-0.2, -0.15) is 0 Å². The van der Waals surface area contributed by atoms with Gasteiger partial charge in [0.2, 0.25) is 0 Å². The van der Waals surface area contributed by atoms with Crippen LogP contribution >= 0.6 is 0 Å². The maximum Gasteiger partial charge on any atom is 0.279 e. The van der Waals surface area contributed by atoms with Crippen LogP contribution in [0.4, 0.5) is 5.69 Å². The van der Waals surface area contributed by atoms with Crippen LogP contribution in [0.1, 0.15) is 27.5 Å². The van der Waals surface area contributed by atoms with E-state index in [1.807, 2.05) is 41.7 Å². The molecule has 0 atom stereocenters. The van der Waals surface area contributed by atoms with Crippen molar-refractivity contribution in [1.29, 1.82) is 0 Å². The molecule has 5 heteroatoms. The van der Waals surface area contributed by atoms with E-state index in [4.69, 9.17) is 0 Å². The van der Waals surface area contributed by atoms with Gasteiger partial charge in [0.25, 0.3) is 11.8 Å². The van der Waals surface area contributed by atoms with Gasteiger partial charge in [-0.15, -0.1) is 0 Å². The molecule has 2 amide bonds. The number of hydrogen-bond acceptors (Lipinski definition) is 2. The lowest BCUT2D eigenvalue weighted by Crippen LogP contribution is -2.87. The zero-order chi connectivity index (χ0) is 19.8. The van der Waals surface area contributed by atoms with E-state index in [1.54, 1.807) is 31.3 Å². The molecule has 0 radical (unpaired) electrons. The standard InChI is InChI=1S/C23H23N3O2/c1-24-23(28)19-12-14-20(15-13-19)26-21(27)16-25-22(17-8-4-2-5-9-17)18-10-6-3-7-11-18/h2-15,22,25H,16H2,1H3,(H,24,28)(H,26,27)/p+1. The number of nitrogens with two attached hydrogens (primary N) is 1. The Bertz CT molecular complexity index is 870. The van der Waals surface area contributed by atoms with E-state index in [2.05, 4.69) is 34.9 Å². The van der Waals surface area contributed by atoms with Crippen molar-refractivity contribution >= 4 is 17.5 Å². The summed E-state index contributed by atoms with van der Waals surface area (Å²) in [6.07, 6.45) is 0. The molecule has 28 heavy (non-hydrogen) atoms. The molecule has 0 aliphatic heterocycles. The summed E-state index contributed by atoms with van der Waals surface area (Å²) in [6, 6.07) is 27.2. The highest BCUT2D eigenvalue weighted by atomic mass is 16.2. The number of nitrogens with one attached hydrogen (secondary N) is 2. The first-order chi connectivity index (χ1) is 13.7. The molecular formula is C23H24N3O2+. The fourth-order valence-corrected chi connectivity index (χ4v) is 3.07. The van der Waals surface area contributed by atoms with Crippen LogP contribution in [0.2, 0.25) is 0 Å². The second kappa shape index (κ2) is 9.48. The summed E-state index contributed by atoms with van der Waals surface area (Å²) in [5, 5.41) is 7.48. The molecule has 0 aliphatic rings. The molecule has 0 saturated heterocycles. The fraction of sp³-hybridized carbons (Fsp3) is 0.130. The molecule has 3 aromatic rings. The third kappa shape index (κ3) is 5.05. The number of amides is 2. The van der Waals surface area contributed by atoms with Crippen LogP contribution in [0.5, 0.6) is 0 Å². The van der Waals surface area contributed by atoms with Crippen LogP contribution in [0.25, 0.3) is 0 Å². The lowest BCUT2D eigenvalue weighted by molar-refractivity contribution is -0.676. The lowest BCUT2D eigenvalue weighted by Gasteiger charge is -2.16. The summed E-state index contributed by atoms with van der Waals surface area (Å²) in [5.41, 5.74) is 3.52. The Balaban J connectivity index is 1.65. The SMILES string of the molecule is CNC(=O)c1ccc(NC(=O)C[NH2+]C(c2ccccc2)c2ccccc2)cc1. The maximum atomic E-state index is 12.4. The summed E-state index contributed by atoms with van der Waals surface area (Å²) in [6.45, 7) is 0.283. The molecule has 0 aliphatic carbocycles. The zero-order valence-electron chi connectivity index (χ0n) is 15.8. The van der Waals surface area contributed by atoms with E-state index >= 15 is 0 Å². The van der Waals surface area contributed by atoms with Crippen molar-refractivity contribution in [2.24, 2.45) is 0 Å². The van der Waals surface area contributed by atoms with Crippen molar-refractivity contribution in [3.8, 4) is 0 Å². The molecule has 0 unspecified atom stereocenters. The third-order valence-electron chi connectivity index (χ3n) is 4.51. The second-order valence-corrected chi connectivity index (χ2v) is 6.44. The van der Waals surface area contributed by atoms with E-state index in [-0.39, 0.29) is 24.4 Å². The Kier molecular flexibility index (Phi) is 6.54. The van der Waals surface area contributed by atoms with Crippen molar-refractivity contribution in [1.82, 2.24) is 5.32 Å². The number of rotatable bonds is 7. The number of carbonyl (C=O) groups excluding carboxylic acids is 2. The Morgan fingerprint density at radius 2 is 1.36 bits per heavy atom. The number of benzene rings is 3.